The summed E-state index contributed by atoms with van der Waals surface area (Å²) in [5.41, 5.74) is 0. The average molecular weight is 192 g/mol. The Labute approximate surface area is 71.8 Å². The summed E-state index contributed by atoms with van der Waals surface area (Å²) in [7, 11) is -1.50. The van der Waals surface area contributed by atoms with Crippen molar-refractivity contribution in [2.45, 2.75) is 6.42 Å². The third kappa shape index (κ3) is 2.28. The zero-order chi connectivity index (χ0) is 9.19. The molecule has 1 aliphatic rings. The second-order valence-corrected chi connectivity index (χ2v) is 5.23. The lowest BCUT2D eigenvalue weighted by atomic mass is 10.1. The van der Waals surface area contributed by atoms with E-state index in [1.54, 1.807) is 0 Å². The minimum absolute atomic E-state index is 0.00912. The van der Waals surface area contributed by atoms with Gasteiger partial charge in [-0.2, -0.15) is 0 Å². The summed E-state index contributed by atoms with van der Waals surface area (Å²) in [5.74, 6) is -0.268. The highest BCUT2D eigenvalue weighted by atomic mass is 32.2. The third-order valence-electron chi connectivity index (χ3n) is 1.97. The Morgan fingerprint density at radius 1 is 1.58 bits per heavy atom. The molecule has 0 aliphatic carbocycles. The van der Waals surface area contributed by atoms with Gasteiger partial charge >= 0.3 is 0 Å². The quantitative estimate of drug-likeness (QED) is 0.612. The molecule has 1 unspecified atom stereocenters. The maximum absolute atomic E-state index is 11.1. The van der Waals surface area contributed by atoms with Crippen LogP contribution in [0.25, 0.3) is 0 Å². The Morgan fingerprint density at radius 2 is 2.25 bits per heavy atom. The summed E-state index contributed by atoms with van der Waals surface area (Å²) in [6.07, 6.45) is 0.463. The lowest BCUT2D eigenvalue weighted by molar-refractivity contribution is -0.125. The molecule has 12 heavy (non-hydrogen) atoms. The van der Waals surface area contributed by atoms with Gasteiger partial charge in [-0.25, -0.2) is 8.42 Å². The third-order valence-corrected chi connectivity index (χ3v) is 3.74. The molecule has 4 nitrogen and oxygen atoms in total. The van der Waals surface area contributed by atoms with Gasteiger partial charge in [0.2, 0.25) is 0 Å². The molecule has 0 bridgehead atoms. The van der Waals surface area contributed by atoms with Crippen LogP contribution in [0.4, 0.5) is 0 Å². The standard InChI is InChI=1S/C7H12O4S/c1-11-4-7(8)6-2-3-12(9,10)5-6/h6H,2-5H2,1H3. The second kappa shape index (κ2) is 3.53. The zero-order valence-corrected chi connectivity index (χ0v) is 7.76. The number of methoxy groups -OCH3 is 1. The van der Waals surface area contributed by atoms with Gasteiger partial charge < -0.3 is 4.74 Å². The number of carbonyl (C=O) groups excluding carboxylic acids is 1. The fourth-order valence-electron chi connectivity index (χ4n) is 1.31. The highest BCUT2D eigenvalue weighted by Crippen LogP contribution is 2.18. The minimum Gasteiger partial charge on any atom is -0.377 e. The van der Waals surface area contributed by atoms with Gasteiger partial charge in [0, 0.05) is 13.0 Å². The fourth-order valence-corrected chi connectivity index (χ4v) is 3.08. The first-order valence-corrected chi connectivity index (χ1v) is 5.59. The van der Waals surface area contributed by atoms with Gasteiger partial charge in [-0.05, 0) is 6.42 Å². The van der Waals surface area contributed by atoms with E-state index >= 15 is 0 Å². The van der Waals surface area contributed by atoms with Crippen LogP contribution in [0.5, 0.6) is 0 Å². The summed E-state index contributed by atoms with van der Waals surface area (Å²) in [6.45, 7) is 0.0280. The van der Waals surface area contributed by atoms with E-state index in [2.05, 4.69) is 4.74 Å². The average Bonchev–Trinajstić information content (AvgIpc) is 2.31. The molecule has 0 aromatic carbocycles. The summed E-state index contributed by atoms with van der Waals surface area (Å²) >= 11 is 0. The smallest absolute Gasteiger partial charge is 0.162 e. The van der Waals surface area contributed by atoms with Gasteiger partial charge in [-0.3, -0.25) is 4.79 Å². The molecule has 1 rings (SSSR count). The van der Waals surface area contributed by atoms with Crippen molar-refractivity contribution in [3.05, 3.63) is 0 Å². The van der Waals surface area contributed by atoms with Crippen molar-refractivity contribution in [1.82, 2.24) is 0 Å². The first kappa shape index (κ1) is 9.67. The van der Waals surface area contributed by atoms with Gasteiger partial charge in [-0.1, -0.05) is 0 Å². The van der Waals surface area contributed by atoms with Crippen molar-refractivity contribution in [3.63, 3.8) is 0 Å². The number of sulfone groups is 1. The van der Waals surface area contributed by atoms with E-state index < -0.39 is 9.84 Å². The van der Waals surface area contributed by atoms with Gasteiger partial charge in [0.05, 0.1) is 11.5 Å². The van der Waals surface area contributed by atoms with Crippen molar-refractivity contribution in [3.8, 4) is 0 Å². The lowest BCUT2D eigenvalue weighted by Gasteiger charge is -2.03. The summed E-state index contributed by atoms with van der Waals surface area (Å²) < 4.78 is 26.6. The Kier molecular flexibility index (Phi) is 2.85. The van der Waals surface area contributed by atoms with E-state index in [1.165, 1.54) is 7.11 Å². The zero-order valence-electron chi connectivity index (χ0n) is 6.95. The molecule has 0 N–H and O–H groups in total. The Balaban J connectivity index is 2.53. The highest BCUT2D eigenvalue weighted by molar-refractivity contribution is 7.91. The Morgan fingerprint density at radius 3 is 2.67 bits per heavy atom. The Hall–Kier alpha value is -0.420. The molecule has 0 saturated carbocycles. The van der Waals surface area contributed by atoms with Crippen LogP contribution in [-0.4, -0.2) is 39.4 Å². The van der Waals surface area contributed by atoms with Crippen molar-refractivity contribution in [1.29, 1.82) is 0 Å². The first-order chi connectivity index (χ1) is 5.55. The van der Waals surface area contributed by atoms with E-state index in [0.717, 1.165) is 0 Å². The molecule has 1 atom stereocenters. The van der Waals surface area contributed by atoms with Crippen LogP contribution < -0.4 is 0 Å². The molecule has 1 saturated heterocycles. The molecule has 1 fully saturated rings. The molecular weight excluding hydrogens is 180 g/mol. The van der Waals surface area contributed by atoms with Crippen molar-refractivity contribution >= 4 is 15.6 Å². The van der Waals surface area contributed by atoms with Crippen molar-refractivity contribution in [2.24, 2.45) is 5.92 Å². The first-order valence-electron chi connectivity index (χ1n) is 3.77. The van der Waals surface area contributed by atoms with Gasteiger partial charge in [0.25, 0.3) is 0 Å². The number of rotatable bonds is 3. The van der Waals surface area contributed by atoms with E-state index in [9.17, 15) is 13.2 Å². The summed E-state index contributed by atoms with van der Waals surface area (Å²) in [6, 6.07) is 0. The van der Waals surface area contributed by atoms with Gasteiger partial charge in [0.15, 0.2) is 15.6 Å². The topological polar surface area (TPSA) is 60.4 Å². The monoisotopic (exact) mass is 192 g/mol. The van der Waals surface area contributed by atoms with Crippen molar-refractivity contribution < 1.29 is 17.9 Å². The van der Waals surface area contributed by atoms with E-state index in [0.29, 0.717) is 6.42 Å². The summed E-state index contributed by atoms with van der Waals surface area (Å²) in [5, 5.41) is 0. The van der Waals surface area contributed by atoms with Crippen LogP contribution in [0.2, 0.25) is 0 Å². The highest BCUT2D eigenvalue weighted by Gasteiger charge is 2.32. The maximum Gasteiger partial charge on any atom is 0.162 e. The SMILES string of the molecule is COCC(=O)C1CCS(=O)(=O)C1. The number of ketones is 1. The van der Waals surface area contributed by atoms with Crippen LogP contribution in [0.3, 0.4) is 0 Å². The normalized spacial score (nSPS) is 27.2. The molecule has 0 spiro atoms. The maximum atomic E-state index is 11.1. The second-order valence-electron chi connectivity index (χ2n) is 3.00. The predicted molar refractivity (Wildman–Crippen MR) is 43.6 cm³/mol. The fraction of sp³-hybridized carbons (Fsp3) is 0.857. The number of hydrogen-bond donors (Lipinski definition) is 0. The minimum atomic E-state index is -2.94. The van der Waals surface area contributed by atoms with Crippen molar-refractivity contribution in [2.75, 3.05) is 25.2 Å². The molecular formula is C7H12O4S. The van der Waals surface area contributed by atoms with E-state index in [4.69, 9.17) is 0 Å². The molecule has 1 heterocycles. The molecule has 0 amide bonds. The Bertz CT molecular complexity index is 267. The molecule has 5 heteroatoms. The predicted octanol–water partition coefficient (Wildman–Crippen LogP) is -0.363. The van der Waals surface area contributed by atoms with Crippen LogP contribution in [0.1, 0.15) is 6.42 Å². The number of Topliss-reactive ketones (excluding diaryl/α,β-unsaturated/α-hetero) is 1. The molecule has 0 aromatic heterocycles. The molecule has 0 radical (unpaired) electrons. The molecule has 70 valence electrons. The van der Waals surface area contributed by atoms with E-state index in [1.807, 2.05) is 0 Å². The largest absolute Gasteiger partial charge is 0.377 e. The van der Waals surface area contributed by atoms with Crippen LogP contribution in [0.15, 0.2) is 0 Å². The number of ether oxygens (including phenoxy) is 1. The van der Waals surface area contributed by atoms with Crippen LogP contribution in [0, 0.1) is 5.92 Å². The molecule has 0 aromatic rings. The molecule has 1 aliphatic heterocycles. The summed E-state index contributed by atoms with van der Waals surface area (Å²) in [4.78, 5) is 11.1. The lowest BCUT2D eigenvalue weighted by Crippen LogP contribution is -2.20. The number of carbonyl (C=O) groups is 1. The number of hydrogen-bond acceptors (Lipinski definition) is 4. The van der Waals surface area contributed by atoms with Gasteiger partial charge in [0.1, 0.15) is 6.61 Å². The van der Waals surface area contributed by atoms with E-state index in [-0.39, 0.29) is 29.8 Å². The van der Waals surface area contributed by atoms with Crippen LogP contribution in [-0.2, 0) is 19.4 Å². The van der Waals surface area contributed by atoms with Crippen LogP contribution >= 0.6 is 0 Å². The van der Waals surface area contributed by atoms with Gasteiger partial charge in [-0.15, -0.1) is 0 Å².